The fraction of sp³-hybridized carbons (Fsp3) is 0. The topological polar surface area (TPSA) is 51.8 Å². The molecule has 11 aromatic rings. The highest BCUT2D eigenvalue weighted by Gasteiger charge is 2.19. The van der Waals surface area contributed by atoms with E-state index in [0.717, 1.165) is 49.8 Å². The van der Waals surface area contributed by atoms with Crippen molar-refractivity contribution in [2.45, 2.75) is 0 Å². The van der Waals surface area contributed by atoms with E-state index in [1.165, 1.54) is 42.4 Å². The highest BCUT2D eigenvalue weighted by molar-refractivity contribution is 7.26. The summed E-state index contributed by atoms with van der Waals surface area (Å²) >= 11 is 1.84. The quantitative estimate of drug-likeness (QED) is 0.171. The Kier molecular flexibility index (Phi) is 7.64. The first-order valence-corrected chi connectivity index (χ1v) is 19.5. The number of benzene rings is 8. The van der Waals surface area contributed by atoms with Gasteiger partial charge in [-0.2, -0.15) is 0 Å². The smallest absolute Gasteiger partial charge is 0.164 e. The van der Waals surface area contributed by atoms with E-state index in [4.69, 9.17) is 19.4 Å². The highest BCUT2D eigenvalue weighted by atomic mass is 32.1. The zero-order valence-electron chi connectivity index (χ0n) is 30.1. The molecule has 0 unspecified atom stereocenters. The first-order chi connectivity index (χ1) is 27.7. The van der Waals surface area contributed by atoms with Crippen molar-refractivity contribution >= 4 is 53.4 Å². The molecule has 8 aromatic carbocycles. The molecule has 0 saturated carbocycles. The zero-order chi connectivity index (χ0) is 37.0. The molecule has 0 bridgehead atoms. The monoisotopic (exact) mass is 733 g/mol. The van der Waals surface area contributed by atoms with Gasteiger partial charge in [0, 0.05) is 47.6 Å². The lowest BCUT2D eigenvalue weighted by Gasteiger charge is -2.10. The Hall–Kier alpha value is -7.21. The molecule has 0 atom stereocenters. The van der Waals surface area contributed by atoms with Gasteiger partial charge in [-0.3, -0.25) is 0 Å². The SMILES string of the molecule is c1ccc(-c2ccc(-c3nc(-c4ccccc4)nc(-c4cccc5oc6cc(-c7cccc8sc9ccc(-c%10ccccc%10)cc9c78)ccc6c45)n3)cc2)cc1. The van der Waals surface area contributed by atoms with Crippen LogP contribution in [0.3, 0.4) is 0 Å². The number of furan rings is 1. The second kappa shape index (κ2) is 13.3. The van der Waals surface area contributed by atoms with Crippen molar-refractivity contribution in [2.75, 3.05) is 0 Å². The van der Waals surface area contributed by atoms with Gasteiger partial charge in [0.2, 0.25) is 0 Å². The van der Waals surface area contributed by atoms with Gasteiger partial charge in [-0.1, -0.05) is 152 Å². The Morgan fingerprint density at radius 2 is 0.875 bits per heavy atom. The molecule has 3 heterocycles. The summed E-state index contributed by atoms with van der Waals surface area (Å²) in [6.07, 6.45) is 0. The van der Waals surface area contributed by atoms with Gasteiger partial charge in [-0.05, 0) is 69.8 Å². The number of aromatic nitrogens is 3. The van der Waals surface area contributed by atoms with Crippen molar-refractivity contribution in [3.05, 3.63) is 188 Å². The fourth-order valence-electron chi connectivity index (χ4n) is 7.84. The van der Waals surface area contributed by atoms with Crippen molar-refractivity contribution in [1.29, 1.82) is 0 Å². The molecule has 0 aliphatic rings. The van der Waals surface area contributed by atoms with Crippen LogP contribution in [0.1, 0.15) is 0 Å². The fourth-order valence-corrected chi connectivity index (χ4v) is 8.95. The maximum absolute atomic E-state index is 6.65. The van der Waals surface area contributed by atoms with Crippen LogP contribution in [0, 0.1) is 0 Å². The van der Waals surface area contributed by atoms with Crippen molar-refractivity contribution < 1.29 is 4.42 Å². The predicted octanol–water partition coefficient (Wildman–Crippen LogP) is 14.1. The summed E-state index contributed by atoms with van der Waals surface area (Å²) in [5.41, 5.74) is 11.4. The number of hydrogen-bond acceptors (Lipinski definition) is 5. The molecule has 56 heavy (non-hydrogen) atoms. The van der Waals surface area contributed by atoms with Gasteiger partial charge in [0.25, 0.3) is 0 Å². The van der Waals surface area contributed by atoms with Crippen LogP contribution in [0.5, 0.6) is 0 Å². The van der Waals surface area contributed by atoms with Gasteiger partial charge < -0.3 is 4.42 Å². The number of hydrogen-bond donors (Lipinski definition) is 0. The molecule has 0 spiro atoms. The molecule has 5 heteroatoms. The van der Waals surface area contributed by atoms with Gasteiger partial charge >= 0.3 is 0 Å². The summed E-state index contributed by atoms with van der Waals surface area (Å²) in [5, 5.41) is 4.53. The lowest BCUT2D eigenvalue weighted by atomic mass is 9.96. The molecule has 11 rings (SSSR count). The predicted molar refractivity (Wildman–Crippen MR) is 233 cm³/mol. The maximum atomic E-state index is 6.65. The van der Waals surface area contributed by atoms with Gasteiger partial charge in [0.15, 0.2) is 17.5 Å². The van der Waals surface area contributed by atoms with Crippen LogP contribution < -0.4 is 0 Å². The van der Waals surface area contributed by atoms with Gasteiger partial charge in [0.05, 0.1) is 0 Å². The molecule has 3 aromatic heterocycles. The largest absolute Gasteiger partial charge is 0.456 e. The van der Waals surface area contributed by atoms with E-state index in [9.17, 15) is 0 Å². The minimum absolute atomic E-state index is 0.599. The lowest BCUT2D eigenvalue weighted by molar-refractivity contribution is 0.669. The van der Waals surface area contributed by atoms with Crippen LogP contribution in [0.25, 0.3) is 110 Å². The van der Waals surface area contributed by atoms with E-state index in [1.807, 2.05) is 59.9 Å². The normalized spacial score (nSPS) is 11.6. The molecule has 0 radical (unpaired) electrons. The first kappa shape index (κ1) is 32.2. The van der Waals surface area contributed by atoms with Crippen LogP contribution in [-0.2, 0) is 0 Å². The second-order valence-corrected chi connectivity index (χ2v) is 15.0. The van der Waals surface area contributed by atoms with Gasteiger partial charge in [0.1, 0.15) is 11.2 Å². The Labute approximate surface area is 327 Å². The summed E-state index contributed by atoms with van der Waals surface area (Å²) in [6, 6.07) is 65.6. The van der Waals surface area contributed by atoms with Crippen LogP contribution in [0.15, 0.2) is 192 Å². The Balaban J connectivity index is 1.05. The Morgan fingerprint density at radius 3 is 1.61 bits per heavy atom. The number of rotatable bonds is 6. The van der Waals surface area contributed by atoms with E-state index in [0.29, 0.717) is 17.5 Å². The van der Waals surface area contributed by atoms with Crippen molar-refractivity contribution in [3.63, 3.8) is 0 Å². The zero-order valence-corrected chi connectivity index (χ0v) is 30.9. The second-order valence-electron chi connectivity index (χ2n) is 14.0. The molecule has 4 nitrogen and oxygen atoms in total. The minimum atomic E-state index is 0.599. The molecule has 262 valence electrons. The third kappa shape index (κ3) is 5.56. The Morgan fingerprint density at radius 1 is 0.321 bits per heavy atom. The molecule has 0 fully saturated rings. The van der Waals surface area contributed by atoms with Gasteiger partial charge in [-0.15, -0.1) is 11.3 Å². The van der Waals surface area contributed by atoms with Crippen LogP contribution in [0.4, 0.5) is 0 Å². The first-order valence-electron chi connectivity index (χ1n) is 18.7. The molecule has 0 aliphatic carbocycles. The summed E-state index contributed by atoms with van der Waals surface area (Å²) in [7, 11) is 0. The van der Waals surface area contributed by atoms with Gasteiger partial charge in [-0.25, -0.2) is 15.0 Å². The minimum Gasteiger partial charge on any atom is -0.456 e. The summed E-state index contributed by atoms with van der Waals surface area (Å²) in [4.78, 5) is 15.2. The van der Waals surface area contributed by atoms with E-state index >= 15 is 0 Å². The average Bonchev–Trinajstić information content (AvgIpc) is 3.85. The molecule has 0 N–H and O–H groups in total. The summed E-state index contributed by atoms with van der Waals surface area (Å²) in [5.74, 6) is 1.84. The molecule has 0 aliphatic heterocycles. The average molecular weight is 734 g/mol. The molecular weight excluding hydrogens is 703 g/mol. The van der Waals surface area contributed by atoms with Crippen LogP contribution in [0.2, 0.25) is 0 Å². The van der Waals surface area contributed by atoms with E-state index in [2.05, 4.69) is 140 Å². The standard InChI is InChI=1S/C51H31N3OS/c1-4-12-32(13-5-1)34-22-24-36(25-23-34)50-52-49(35-16-8-3-9-17-35)53-51(54-50)41-19-10-20-43-47(41)40-28-26-38(31-44(40)55-43)39-18-11-21-46-48(39)42-30-37(27-29-45(42)56-46)33-14-6-2-7-15-33/h1-31H. The van der Waals surface area contributed by atoms with Crippen LogP contribution in [-0.4, -0.2) is 15.0 Å². The summed E-state index contributed by atoms with van der Waals surface area (Å²) < 4.78 is 9.20. The molecular formula is C51H31N3OS. The third-order valence-corrected chi connectivity index (χ3v) is 11.7. The molecule has 0 saturated heterocycles. The van der Waals surface area contributed by atoms with Crippen molar-refractivity contribution in [2.24, 2.45) is 0 Å². The summed E-state index contributed by atoms with van der Waals surface area (Å²) in [6.45, 7) is 0. The van der Waals surface area contributed by atoms with E-state index in [-0.39, 0.29) is 0 Å². The lowest BCUT2D eigenvalue weighted by Crippen LogP contribution is -2.00. The highest BCUT2D eigenvalue weighted by Crippen LogP contribution is 2.43. The number of thiophene rings is 1. The third-order valence-electron chi connectivity index (χ3n) is 10.6. The number of fused-ring (bicyclic) bond motifs is 6. The molecule has 0 amide bonds. The van der Waals surface area contributed by atoms with Crippen molar-refractivity contribution in [3.8, 4) is 67.5 Å². The van der Waals surface area contributed by atoms with Crippen LogP contribution >= 0.6 is 11.3 Å². The van der Waals surface area contributed by atoms with E-state index in [1.54, 1.807) is 0 Å². The number of nitrogens with zero attached hydrogens (tertiary/aromatic N) is 3. The van der Waals surface area contributed by atoms with Crippen molar-refractivity contribution in [1.82, 2.24) is 15.0 Å². The maximum Gasteiger partial charge on any atom is 0.164 e. The van der Waals surface area contributed by atoms with E-state index < -0.39 is 0 Å². The Bertz CT molecular complexity index is 3230.